The third-order valence-corrected chi connectivity index (χ3v) is 13.5. The molecule has 2 aromatic rings. The quantitative estimate of drug-likeness (QED) is 0.159. The molecule has 3 N–H and O–H groups in total. The highest BCUT2D eigenvalue weighted by Gasteiger charge is 2.56. The molecule has 4 saturated carbocycles. The van der Waals surface area contributed by atoms with Crippen LogP contribution < -0.4 is 15.0 Å². The first kappa shape index (κ1) is 44.2. The second kappa shape index (κ2) is 17.7. The van der Waals surface area contributed by atoms with Crippen molar-refractivity contribution in [2.45, 2.75) is 111 Å². The van der Waals surface area contributed by atoms with Gasteiger partial charge >= 0.3 is 0 Å². The number of aliphatic hydroxyl groups excluding tert-OH is 2. The summed E-state index contributed by atoms with van der Waals surface area (Å²) in [5, 5.41) is 26.4. The lowest BCUT2D eigenvalue weighted by atomic mass is 9.43. The fraction of sp³-hybridized carbons (Fsp3) is 0.681. The summed E-state index contributed by atoms with van der Waals surface area (Å²) in [6, 6.07) is 10.9. The van der Waals surface area contributed by atoms with Gasteiger partial charge in [-0.3, -0.25) is 14.4 Å². The molecule has 1 heterocycles. The van der Waals surface area contributed by atoms with Crippen LogP contribution in [0, 0.1) is 46.3 Å². The molecule has 9 atom stereocenters. The van der Waals surface area contributed by atoms with Crippen LogP contribution in [0.2, 0.25) is 0 Å². The maximum atomic E-state index is 14.2. The lowest BCUT2D eigenvalue weighted by molar-refractivity contribution is -0.181. The number of aliphatic imine (C=N–C) groups is 1. The maximum absolute atomic E-state index is 14.2. The van der Waals surface area contributed by atoms with E-state index in [2.05, 4.69) is 62.8 Å². The van der Waals surface area contributed by atoms with Crippen LogP contribution in [0.25, 0.3) is 11.1 Å². The number of hydrogen-bond donors (Lipinski definition) is 3. The summed E-state index contributed by atoms with van der Waals surface area (Å²) in [6.45, 7) is 16.3. The Hall–Kier alpha value is -3.35. The summed E-state index contributed by atoms with van der Waals surface area (Å²) < 4.78 is 6.70. The van der Waals surface area contributed by atoms with Gasteiger partial charge in [-0.25, -0.2) is 4.99 Å². The van der Waals surface area contributed by atoms with Crippen molar-refractivity contribution < 1.29 is 29.4 Å². The minimum absolute atomic E-state index is 0.0337. The number of hydroxylamine groups is 2. The van der Waals surface area contributed by atoms with Crippen molar-refractivity contribution in [3.63, 3.8) is 0 Å². The normalized spacial score (nSPS) is 28.0. The molecule has 0 aromatic heterocycles. The number of nitrogens with zero attached hydrogens (tertiary/aromatic N) is 4. The van der Waals surface area contributed by atoms with E-state index in [1.54, 1.807) is 12.0 Å². The molecule has 2 amide bonds. The minimum atomic E-state index is -0.927. The average Bonchev–Trinajstić information content (AvgIpc) is 3.90. The highest BCUT2D eigenvalue weighted by molar-refractivity contribution is 5.97. The predicted molar refractivity (Wildman–Crippen MR) is 231 cm³/mol. The van der Waals surface area contributed by atoms with Crippen molar-refractivity contribution in [1.29, 1.82) is 0 Å². The number of carbonyl (C=O) groups is 2. The van der Waals surface area contributed by atoms with Crippen molar-refractivity contribution in [2.75, 3.05) is 52.8 Å². The van der Waals surface area contributed by atoms with Gasteiger partial charge in [-0.2, -0.15) is 5.06 Å². The Labute approximate surface area is 347 Å². The number of aliphatic hydroxyl groups is 2. The smallest absolute Gasteiger partial charge is 0.265 e. The maximum Gasteiger partial charge on any atom is 0.265 e. The number of fused-ring (bicyclic) bond motifs is 2. The highest BCUT2D eigenvalue weighted by atomic mass is 16.7. The third kappa shape index (κ3) is 9.98. The molecule has 5 aliphatic rings. The van der Waals surface area contributed by atoms with Gasteiger partial charge in [-0.05, 0) is 117 Å². The van der Waals surface area contributed by atoms with E-state index in [1.807, 2.05) is 69.6 Å². The van der Waals surface area contributed by atoms with Gasteiger partial charge in [0, 0.05) is 61.2 Å². The highest BCUT2D eigenvalue weighted by Crippen LogP contribution is 2.62. The monoisotopic (exact) mass is 802 g/mol. The van der Waals surface area contributed by atoms with Crippen LogP contribution in [0.3, 0.4) is 0 Å². The van der Waals surface area contributed by atoms with E-state index >= 15 is 0 Å². The molecule has 2 unspecified atom stereocenters. The Kier molecular flexibility index (Phi) is 13.5. The van der Waals surface area contributed by atoms with Gasteiger partial charge in [0.15, 0.2) is 0 Å². The van der Waals surface area contributed by atoms with Crippen LogP contribution >= 0.6 is 0 Å². The summed E-state index contributed by atoms with van der Waals surface area (Å²) in [7, 11) is 7.98. The SMILES string of the molecule is C[C@H](O)C1[C@H](CO)ON(Cc2cccc(-c3cc(C(=O)N[C@H](CN(C)C)CC(C)(C)C)cc(N(C)C)c3)c2OCC2CC2)[C@@H]1C(=O)N=CC1C[C@H]2C[C@@H]([C@@H]1C)C2(C)C. The Morgan fingerprint density at radius 2 is 1.84 bits per heavy atom. The van der Waals surface area contributed by atoms with Gasteiger partial charge in [0.25, 0.3) is 11.8 Å². The number of rotatable bonds is 16. The molecule has 7 rings (SSSR count). The van der Waals surface area contributed by atoms with Crippen LogP contribution in [0.15, 0.2) is 41.4 Å². The molecule has 0 radical (unpaired) electrons. The van der Waals surface area contributed by atoms with Gasteiger partial charge in [-0.15, -0.1) is 0 Å². The molecule has 2 bridgehead atoms. The number of nitrogens with one attached hydrogen (secondary N) is 1. The number of carbonyl (C=O) groups excluding carboxylic acids is 2. The van der Waals surface area contributed by atoms with E-state index in [1.165, 1.54) is 6.42 Å². The van der Waals surface area contributed by atoms with E-state index < -0.39 is 24.2 Å². The number of amides is 2. The predicted octanol–water partition coefficient (Wildman–Crippen LogP) is 6.69. The Bertz CT molecular complexity index is 1800. The molecule has 58 heavy (non-hydrogen) atoms. The zero-order valence-electron chi connectivity index (χ0n) is 37.0. The third-order valence-electron chi connectivity index (χ3n) is 13.5. The van der Waals surface area contributed by atoms with Gasteiger partial charge < -0.3 is 30.1 Å². The zero-order valence-corrected chi connectivity index (χ0v) is 37.0. The summed E-state index contributed by atoms with van der Waals surface area (Å²) in [4.78, 5) is 43.3. The summed E-state index contributed by atoms with van der Waals surface area (Å²) in [6.07, 6.45) is 5.46. The standard InChI is InChI=1S/C47H71N5O6/c1-28-34(18-35-21-39(28)47(35,6)7)23-48-45(56)42-41(29(2)54)40(26-53)58-52(42)24-31-13-12-14-38(43(31)57-27-30-15-16-30)32-17-33(20-37(19-32)51(10)11)44(55)49-36(25-50(8)9)22-46(3,4)5/h12-14,17,19-20,23,28-30,34-36,39-42,53-54H,15-16,18,21-22,24-27H2,1-11H3,(H,49,55)/t28-,29+,34?,35+,36+,39+,40+,41?,42+/m1/s1. The molecule has 5 fully saturated rings. The van der Waals surface area contributed by atoms with Crippen LogP contribution in [0.5, 0.6) is 5.75 Å². The number of ether oxygens (including phenoxy) is 1. The summed E-state index contributed by atoms with van der Waals surface area (Å²) in [5.41, 5.74) is 4.26. The van der Waals surface area contributed by atoms with Gasteiger partial charge in [0.05, 0.1) is 25.9 Å². The summed E-state index contributed by atoms with van der Waals surface area (Å²) >= 11 is 0. The lowest BCUT2D eigenvalue weighted by Gasteiger charge is -2.61. The largest absolute Gasteiger partial charge is 0.492 e. The van der Waals surface area contributed by atoms with Crippen LogP contribution in [-0.4, -0.2) is 110 Å². The zero-order chi connectivity index (χ0) is 42.3. The second-order valence-corrected chi connectivity index (χ2v) is 20.3. The molecule has 11 nitrogen and oxygen atoms in total. The molecule has 0 spiro atoms. The molecule has 1 aliphatic heterocycles. The van der Waals surface area contributed by atoms with Crippen molar-refractivity contribution in [2.24, 2.45) is 51.3 Å². The first-order chi connectivity index (χ1) is 27.3. The van der Waals surface area contributed by atoms with E-state index in [-0.39, 0.29) is 42.3 Å². The van der Waals surface area contributed by atoms with E-state index in [4.69, 9.17) is 9.57 Å². The molecule has 11 heteroatoms. The molecular weight excluding hydrogens is 731 g/mol. The fourth-order valence-corrected chi connectivity index (χ4v) is 10.0. The van der Waals surface area contributed by atoms with Crippen LogP contribution in [0.4, 0.5) is 5.69 Å². The molecule has 1 saturated heterocycles. The Balaban J connectivity index is 1.33. The first-order valence-corrected chi connectivity index (χ1v) is 21.6. The second-order valence-electron chi connectivity index (χ2n) is 20.3. The van der Waals surface area contributed by atoms with Gasteiger partial charge in [0.1, 0.15) is 17.9 Å². The average molecular weight is 802 g/mol. The molecular formula is C47H71N5O6. The van der Waals surface area contributed by atoms with Crippen molar-refractivity contribution >= 4 is 23.7 Å². The van der Waals surface area contributed by atoms with Crippen LogP contribution in [0.1, 0.15) is 96.5 Å². The number of hydrogen-bond acceptors (Lipinski definition) is 9. The summed E-state index contributed by atoms with van der Waals surface area (Å²) in [5.74, 6) is 1.84. The Morgan fingerprint density at radius 1 is 1.12 bits per heavy atom. The fourth-order valence-electron chi connectivity index (χ4n) is 10.0. The topological polar surface area (TPSA) is 127 Å². The molecule has 2 aromatic carbocycles. The number of likely N-dealkylation sites (N-methyl/N-ethyl adjacent to an activating group) is 1. The van der Waals surface area contributed by atoms with Crippen molar-refractivity contribution in [3.05, 3.63) is 47.5 Å². The number of anilines is 1. The van der Waals surface area contributed by atoms with E-state index in [0.717, 1.165) is 54.6 Å². The number of benzene rings is 2. The van der Waals surface area contributed by atoms with Gasteiger partial charge in [0.2, 0.25) is 0 Å². The van der Waals surface area contributed by atoms with E-state index in [9.17, 15) is 19.8 Å². The number of para-hydroxylation sites is 1. The van der Waals surface area contributed by atoms with E-state index in [0.29, 0.717) is 47.0 Å². The lowest BCUT2D eigenvalue weighted by Crippen LogP contribution is -2.55. The first-order valence-electron chi connectivity index (χ1n) is 21.6. The molecule has 4 aliphatic carbocycles. The van der Waals surface area contributed by atoms with Crippen LogP contribution in [-0.2, 0) is 16.2 Å². The van der Waals surface area contributed by atoms with Gasteiger partial charge in [-0.1, -0.05) is 59.7 Å². The van der Waals surface area contributed by atoms with Crippen molar-refractivity contribution in [1.82, 2.24) is 15.3 Å². The molecule has 320 valence electrons. The Morgan fingerprint density at radius 3 is 2.43 bits per heavy atom. The minimum Gasteiger partial charge on any atom is -0.492 e. The van der Waals surface area contributed by atoms with Crippen molar-refractivity contribution in [3.8, 4) is 16.9 Å².